The van der Waals surface area contributed by atoms with E-state index >= 15 is 0 Å². The highest BCUT2D eigenvalue weighted by molar-refractivity contribution is 5.88. The van der Waals surface area contributed by atoms with Gasteiger partial charge in [-0.1, -0.05) is 0 Å². The topological polar surface area (TPSA) is 95.1 Å². The number of aromatic hydroxyl groups is 2. The number of nitrogens with zero attached hydrogens (tertiary/aromatic N) is 2. The van der Waals surface area contributed by atoms with Crippen molar-refractivity contribution in [2.75, 3.05) is 21.3 Å². The maximum Gasteiger partial charge on any atom is 0.165 e. The predicted octanol–water partition coefficient (Wildman–Crippen LogP) is 2.70. The van der Waals surface area contributed by atoms with Gasteiger partial charge in [0.25, 0.3) is 0 Å². The smallest absolute Gasteiger partial charge is 0.165 e. The van der Waals surface area contributed by atoms with E-state index in [1.165, 1.54) is 26.4 Å². The molecule has 2 aromatic carbocycles. The minimum Gasteiger partial charge on any atom is -0.504 e. The zero-order chi connectivity index (χ0) is 17.0. The van der Waals surface area contributed by atoms with E-state index in [1.807, 2.05) is 6.07 Å². The van der Waals surface area contributed by atoms with Crippen LogP contribution < -0.4 is 9.47 Å². The second kappa shape index (κ2) is 6.71. The summed E-state index contributed by atoms with van der Waals surface area (Å²) in [6, 6.07) is 8.15. The molecule has 0 bridgehead atoms. The van der Waals surface area contributed by atoms with E-state index in [-0.39, 0.29) is 28.6 Å². The summed E-state index contributed by atoms with van der Waals surface area (Å²) in [6.07, 6.45) is 1.59. The Balaban J connectivity index is 2.80. The normalized spacial score (nSPS) is 10.5. The number of aliphatic imine (C=N–C) groups is 1. The number of hydrogen-bond donors (Lipinski definition) is 2. The van der Waals surface area contributed by atoms with Crippen molar-refractivity contribution in [2.45, 2.75) is 0 Å². The van der Waals surface area contributed by atoms with Crippen LogP contribution in [0.1, 0.15) is 11.1 Å². The summed E-state index contributed by atoms with van der Waals surface area (Å²) in [5.74, 6) is 0.0627. The predicted molar refractivity (Wildman–Crippen MR) is 86.5 cm³/mol. The van der Waals surface area contributed by atoms with Crippen molar-refractivity contribution in [3.8, 4) is 40.2 Å². The lowest BCUT2D eigenvalue weighted by molar-refractivity contribution is 0.371. The first-order valence-electron chi connectivity index (χ1n) is 6.70. The highest BCUT2D eigenvalue weighted by atomic mass is 16.5. The van der Waals surface area contributed by atoms with E-state index in [9.17, 15) is 10.2 Å². The van der Waals surface area contributed by atoms with E-state index in [4.69, 9.17) is 14.7 Å². The second-order valence-corrected chi connectivity index (χ2v) is 4.69. The molecule has 2 rings (SSSR count). The van der Waals surface area contributed by atoms with Gasteiger partial charge in [0.1, 0.15) is 0 Å². The summed E-state index contributed by atoms with van der Waals surface area (Å²) in [6.45, 7) is 0. The molecule has 0 atom stereocenters. The molecule has 0 spiro atoms. The molecule has 2 N–H and O–H groups in total. The monoisotopic (exact) mass is 312 g/mol. The summed E-state index contributed by atoms with van der Waals surface area (Å²) >= 11 is 0. The minimum atomic E-state index is -0.172. The summed E-state index contributed by atoms with van der Waals surface area (Å²) in [7, 11) is 4.44. The average molecular weight is 312 g/mol. The third-order valence-corrected chi connectivity index (χ3v) is 3.31. The molecular weight excluding hydrogens is 296 g/mol. The van der Waals surface area contributed by atoms with Gasteiger partial charge >= 0.3 is 0 Å². The van der Waals surface area contributed by atoms with Crippen molar-refractivity contribution in [1.29, 1.82) is 5.26 Å². The third-order valence-electron chi connectivity index (χ3n) is 3.31. The van der Waals surface area contributed by atoms with Crippen LogP contribution in [0.25, 0.3) is 11.1 Å². The molecule has 2 aromatic rings. The van der Waals surface area contributed by atoms with Crippen LogP contribution in [0.15, 0.2) is 29.3 Å². The van der Waals surface area contributed by atoms with Crippen molar-refractivity contribution in [1.82, 2.24) is 0 Å². The number of hydrogen-bond acceptors (Lipinski definition) is 6. The van der Waals surface area contributed by atoms with Gasteiger partial charge in [0.2, 0.25) is 0 Å². The SMILES string of the molecule is CN=Cc1cc(OC)c(O)c(-c2cc(C#N)cc(OC)c2O)c1. The van der Waals surface area contributed by atoms with Crippen LogP contribution in [-0.2, 0) is 0 Å². The molecule has 0 aromatic heterocycles. The number of ether oxygens (including phenoxy) is 2. The molecule has 0 aliphatic rings. The largest absolute Gasteiger partial charge is 0.504 e. The molecule has 0 saturated heterocycles. The highest BCUT2D eigenvalue weighted by Crippen LogP contribution is 2.45. The Morgan fingerprint density at radius 1 is 1.00 bits per heavy atom. The zero-order valence-corrected chi connectivity index (χ0v) is 13.0. The van der Waals surface area contributed by atoms with Gasteiger partial charge in [0, 0.05) is 30.5 Å². The lowest BCUT2D eigenvalue weighted by Gasteiger charge is -2.14. The van der Waals surface area contributed by atoms with Crippen molar-refractivity contribution in [3.63, 3.8) is 0 Å². The molecular formula is C17H16N2O4. The first kappa shape index (κ1) is 16.2. The molecule has 0 unspecified atom stereocenters. The van der Waals surface area contributed by atoms with E-state index in [1.54, 1.807) is 25.4 Å². The van der Waals surface area contributed by atoms with Crippen LogP contribution in [0, 0.1) is 11.3 Å². The molecule has 0 saturated carbocycles. The van der Waals surface area contributed by atoms with Gasteiger partial charge in [0.05, 0.1) is 25.9 Å². The van der Waals surface area contributed by atoms with Gasteiger partial charge < -0.3 is 19.7 Å². The Morgan fingerprint density at radius 3 is 2.09 bits per heavy atom. The standard InChI is InChI=1S/C17H16N2O4/c1-19-9-11-5-13(17(21)15(7-11)23-3)12-4-10(8-18)6-14(22-2)16(12)20/h4-7,9,20-21H,1-3H3. The van der Waals surface area contributed by atoms with Crippen molar-refractivity contribution >= 4 is 6.21 Å². The molecule has 0 amide bonds. The van der Waals surface area contributed by atoms with Crippen LogP contribution in [0.3, 0.4) is 0 Å². The lowest BCUT2D eigenvalue weighted by atomic mass is 9.98. The van der Waals surface area contributed by atoms with E-state index in [2.05, 4.69) is 4.99 Å². The van der Waals surface area contributed by atoms with Crippen LogP contribution in [-0.4, -0.2) is 37.7 Å². The molecule has 118 valence electrons. The maximum absolute atomic E-state index is 10.4. The van der Waals surface area contributed by atoms with Crippen LogP contribution >= 0.6 is 0 Å². The highest BCUT2D eigenvalue weighted by Gasteiger charge is 2.18. The Hall–Kier alpha value is -3.20. The third kappa shape index (κ3) is 3.04. The van der Waals surface area contributed by atoms with E-state index in [0.717, 1.165) is 0 Å². The molecule has 0 fully saturated rings. The van der Waals surface area contributed by atoms with Gasteiger partial charge in [-0.2, -0.15) is 5.26 Å². The number of phenols is 2. The van der Waals surface area contributed by atoms with E-state index < -0.39 is 0 Å². The van der Waals surface area contributed by atoms with Gasteiger partial charge in [-0.15, -0.1) is 0 Å². The fraction of sp³-hybridized carbons (Fsp3) is 0.176. The quantitative estimate of drug-likeness (QED) is 0.846. The van der Waals surface area contributed by atoms with Crippen molar-refractivity contribution < 1.29 is 19.7 Å². The Labute approximate surface area is 133 Å². The molecule has 6 nitrogen and oxygen atoms in total. The summed E-state index contributed by atoms with van der Waals surface area (Å²) < 4.78 is 10.2. The summed E-state index contributed by atoms with van der Waals surface area (Å²) in [4.78, 5) is 3.93. The molecule has 0 aliphatic heterocycles. The Kier molecular flexibility index (Phi) is 4.72. The van der Waals surface area contributed by atoms with E-state index in [0.29, 0.717) is 16.7 Å². The molecule has 0 heterocycles. The molecule has 23 heavy (non-hydrogen) atoms. The average Bonchev–Trinajstić information content (AvgIpc) is 2.57. The van der Waals surface area contributed by atoms with Gasteiger partial charge in [0.15, 0.2) is 23.0 Å². The Bertz CT molecular complexity index is 807. The minimum absolute atomic E-state index is 0.145. The molecule has 6 heteroatoms. The molecule has 0 aliphatic carbocycles. The van der Waals surface area contributed by atoms with Gasteiger partial charge in [-0.25, -0.2) is 0 Å². The first-order chi connectivity index (χ1) is 11.0. The number of phenolic OH excluding ortho intramolecular Hbond substituents is 2. The number of nitriles is 1. The number of benzene rings is 2. The van der Waals surface area contributed by atoms with Crippen molar-refractivity contribution in [2.24, 2.45) is 4.99 Å². The fourth-order valence-corrected chi connectivity index (χ4v) is 2.25. The van der Waals surface area contributed by atoms with Crippen LogP contribution in [0.5, 0.6) is 23.0 Å². The lowest BCUT2D eigenvalue weighted by Crippen LogP contribution is -1.93. The maximum atomic E-state index is 10.4. The zero-order valence-electron chi connectivity index (χ0n) is 13.0. The van der Waals surface area contributed by atoms with Crippen molar-refractivity contribution in [3.05, 3.63) is 35.4 Å². The summed E-state index contributed by atoms with van der Waals surface area (Å²) in [5.41, 5.74) is 1.55. The summed E-state index contributed by atoms with van der Waals surface area (Å²) in [5, 5.41) is 29.9. The second-order valence-electron chi connectivity index (χ2n) is 4.69. The first-order valence-corrected chi connectivity index (χ1v) is 6.70. The number of methoxy groups -OCH3 is 2. The van der Waals surface area contributed by atoms with Crippen LogP contribution in [0.4, 0.5) is 0 Å². The van der Waals surface area contributed by atoms with Crippen LogP contribution in [0.2, 0.25) is 0 Å². The van der Waals surface area contributed by atoms with Gasteiger partial charge in [-0.05, 0) is 23.8 Å². The fourth-order valence-electron chi connectivity index (χ4n) is 2.25. The molecule has 0 radical (unpaired) electrons. The van der Waals surface area contributed by atoms with Gasteiger partial charge in [-0.3, -0.25) is 4.99 Å². The Morgan fingerprint density at radius 2 is 1.57 bits per heavy atom. The number of rotatable bonds is 4.